The van der Waals surface area contributed by atoms with E-state index in [1.54, 1.807) is 6.07 Å². The second kappa shape index (κ2) is 4.58. The van der Waals surface area contributed by atoms with Crippen LogP contribution in [0.1, 0.15) is 60.6 Å². The summed E-state index contributed by atoms with van der Waals surface area (Å²) >= 11 is 0. The van der Waals surface area contributed by atoms with Crippen molar-refractivity contribution in [3.63, 3.8) is 0 Å². The van der Waals surface area contributed by atoms with Crippen molar-refractivity contribution in [1.82, 2.24) is 15.5 Å². The SMILES string of the molecule is O=C(NC1CCC(F)(F)CC1)c1cc(C2CC2)[nH]n1. The van der Waals surface area contributed by atoms with Gasteiger partial charge in [0, 0.05) is 30.5 Å². The lowest BCUT2D eigenvalue weighted by Crippen LogP contribution is -2.40. The standard InChI is InChI=1S/C13H17F2N3O/c14-13(15)5-3-9(4-6-13)16-12(19)11-7-10(17-18-11)8-1-2-8/h7-9H,1-6H2,(H,16,19)(H,17,18). The summed E-state index contributed by atoms with van der Waals surface area (Å²) in [6, 6.07) is 1.61. The zero-order valence-corrected chi connectivity index (χ0v) is 10.6. The van der Waals surface area contributed by atoms with Gasteiger partial charge >= 0.3 is 0 Å². The summed E-state index contributed by atoms with van der Waals surface area (Å²) in [4.78, 5) is 11.9. The molecule has 2 saturated carbocycles. The van der Waals surface area contributed by atoms with Crippen LogP contribution >= 0.6 is 0 Å². The molecule has 4 nitrogen and oxygen atoms in total. The van der Waals surface area contributed by atoms with Gasteiger partial charge in [-0.15, -0.1) is 0 Å². The third kappa shape index (κ3) is 2.93. The molecule has 0 aromatic carbocycles. The molecule has 104 valence electrons. The lowest BCUT2D eigenvalue weighted by atomic mass is 9.92. The number of carbonyl (C=O) groups excluding carboxylic acids is 1. The number of hydrogen-bond donors (Lipinski definition) is 2. The molecule has 0 bridgehead atoms. The Balaban J connectivity index is 1.55. The van der Waals surface area contributed by atoms with E-state index in [-0.39, 0.29) is 24.8 Å². The number of carbonyl (C=O) groups is 1. The van der Waals surface area contributed by atoms with Crippen LogP contribution < -0.4 is 5.32 Å². The molecular weight excluding hydrogens is 252 g/mol. The average Bonchev–Trinajstić information content (AvgIpc) is 3.10. The number of nitrogens with zero attached hydrogens (tertiary/aromatic N) is 1. The fraction of sp³-hybridized carbons (Fsp3) is 0.692. The first-order valence-electron chi connectivity index (χ1n) is 6.77. The lowest BCUT2D eigenvalue weighted by Gasteiger charge is -2.28. The Morgan fingerprint density at radius 3 is 2.63 bits per heavy atom. The summed E-state index contributed by atoms with van der Waals surface area (Å²) in [7, 11) is 0. The molecule has 2 aliphatic rings. The van der Waals surface area contributed by atoms with Crippen LogP contribution in [-0.4, -0.2) is 28.1 Å². The third-order valence-electron chi connectivity index (χ3n) is 3.90. The first-order chi connectivity index (χ1) is 9.03. The van der Waals surface area contributed by atoms with Crippen LogP contribution in [-0.2, 0) is 0 Å². The maximum atomic E-state index is 13.0. The number of nitrogens with one attached hydrogen (secondary N) is 2. The predicted octanol–water partition coefficient (Wildman–Crippen LogP) is 2.59. The summed E-state index contributed by atoms with van der Waals surface area (Å²) < 4.78 is 26.0. The molecule has 0 atom stereocenters. The molecule has 0 radical (unpaired) electrons. The fourth-order valence-corrected chi connectivity index (χ4v) is 2.50. The van der Waals surface area contributed by atoms with Crippen molar-refractivity contribution in [2.75, 3.05) is 0 Å². The Hall–Kier alpha value is -1.46. The van der Waals surface area contributed by atoms with Crippen LogP contribution in [0.4, 0.5) is 8.78 Å². The van der Waals surface area contributed by atoms with Gasteiger partial charge in [-0.3, -0.25) is 9.89 Å². The number of alkyl halides is 2. The van der Waals surface area contributed by atoms with Crippen molar-refractivity contribution in [3.8, 4) is 0 Å². The Labute approximate surface area is 110 Å². The van der Waals surface area contributed by atoms with Crippen molar-refractivity contribution in [2.45, 2.75) is 56.4 Å². The number of aromatic nitrogens is 2. The van der Waals surface area contributed by atoms with E-state index in [0.717, 1.165) is 18.5 Å². The van der Waals surface area contributed by atoms with Crippen LogP contribution in [0.15, 0.2) is 6.07 Å². The van der Waals surface area contributed by atoms with Crippen molar-refractivity contribution in [1.29, 1.82) is 0 Å². The van der Waals surface area contributed by atoms with Crippen molar-refractivity contribution >= 4 is 5.91 Å². The lowest BCUT2D eigenvalue weighted by molar-refractivity contribution is -0.0399. The third-order valence-corrected chi connectivity index (χ3v) is 3.90. The van der Waals surface area contributed by atoms with E-state index in [9.17, 15) is 13.6 Å². The first-order valence-corrected chi connectivity index (χ1v) is 6.77. The molecule has 6 heteroatoms. The monoisotopic (exact) mass is 269 g/mol. The molecule has 0 aliphatic heterocycles. The predicted molar refractivity (Wildman–Crippen MR) is 65.2 cm³/mol. The number of rotatable bonds is 3. The second-order valence-corrected chi connectivity index (χ2v) is 5.59. The highest BCUT2D eigenvalue weighted by atomic mass is 19.3. The summed E-state index contributed by atoms with van der Waals surface area (Å²) in [5.41, 5.74) is 1.36. The van der Waals surface area contributed by atoms with Gasteiger partial charge in [-0.25, -0.2) is 8.78 Å². The van der Waals surface area contributed by atoms with Gasteiger partial charge in [0.1, 0.15) is 5.69 Å². The van der Waals surface area contributed by atoms with E-state index < -0.39 is 5.92 Å². The van der Waals surface area contributed by atoms with E-state index in [1.165, 1.54) is 0 Å². The minimum absolute atomic E-state index is 0.147. The van der Waals surface area contributed by atoms with Crippen molar-refractivity contribution in [2.24, 2.45) is 0 Å². The van der Waals surface area contributed by atoms with Crippen LogP contribution in [0.3, 0.4) is 0 Å². The summed E-state index contributed by atoms with van der Waals surface area (Å²) in [5.74, 6) is -2.31. The normalized spacial score (nSPS) is 23.3. The zero-order valence-electron chi connectivity index (χ0n) is 10.6. The van der Waals surface area contributed by atoms with Crippen molar-refractivity contribution < 1.29 is 13.6 Å². The molecule has 0 spiro atoms. The summed E-state index contributed by atoms with van der Waals surface area (Å²) in [5, 5.41) is 9.65. The van der Waals surface area contributed by atoms with Gasteiger partial charge in [-0.1, -0.05) is 0 Å². The number of hydrogen-bond acceptors (Lipinski definition) is 2. The zero-order chi connectivity index (χ0) is 13.5. The molecular formula is C13H17F2N3O. The Morgan fingerprint density at radius 2 is 2.00 bits per heavy atom. The van der Waals surface area contributed by atoms with E-state index in [2.05, 4.69) is 15.5 Å². The molecule has 2 aliphatic carbocycles. The van der Waals surface area contributed by atoms with Gasteiger partial charge in [0.25, 0.3) is 5.91 Å². The molecule has 1 amide bonds. The van der Waals surface area contributed by atoms with E-state index in [0.29, 0.717) is 24.5 Å². The van der Waals surface area contributed by atoms with Gasteiger partial charge in [0.05, 0.1) is 0 Å². The van der Waals surface area contributed by atoms with Crippen molar-refractivity contribution in [3.05, 3.63) is 17.5 Å². The van der Waals surface area contributed by atoms with E-state index in [1.807, 2.05) is 0 Å². The molecule has 0 unspecified atom stereocenters. The number of amides is 1. The minimum atomic E-state index is -2.56. The number of halogens is 2. The quantitative estimate of drug-likeness (QED) is 0.886. The van der Waals surface area contributed by atoms with Gasteiger partial charge < -0.3 is 5.32 Å². The first kappa shape index (κ1) is 12.6. The van der Waals surface area contributed by atoms with Gasteiger partial charge in [0.2, 0.25) is 5.92 Å². The molecule has 19 heavy (non-hydrogen) atoms. The maximum absolute atomic E-state index is 13.0. The highest BCUT2D eigenvalue weighted by molar-refractivity contribution is 5.92. The summed E-state index contributed by atoms with van der Waals surface area (Å²) in [6.07, 6.45) is 2.65. The fourth-order valence-electron chi connectivity index (χ4n) is 2.50. The van der Waals surface area contributed by atoms with Gasteiger partial charge in [0.15, 0.2) is 0 Å². The number of aromatic amines is 1. The highest BCUT2D eigenvalue weighted by Gasteiger charge is 2.35. The largest absolute Gasteiger partial charge is 0.348 e. The highest BCUT2D eigenvalue weighted by Crippen LogP contribution is 2.39. The topological polar surface area (TPSA) is 57.8 Å². The minimum Gasteiger partial charge on any atom is -0.348 e. The molecule has 1 aromatic rings. The van der Waals surface area contributed by atoms with Crippen LogP contribution in [0.5, 0.6) is 0 Å². The van der Waals surface area contributed by atoms with E-state index >= 15 is 0 Å². The van der Waals surface area contributed by atoms with Gasteiger partial charge in [-0.05, 0) is 31.7 Å². The van der Waals surface area contributed by atoms with Crippen LogP contribution in [0.25, 0.3) is 0 Å². The average molecular weight is 269 g/mol. The molecule has 1 aromatic heterocycles. The Bertz CT molecular complexity index is 472. The van der Waals surface area contributed by atoms with Gasteiger partial charge in [-0.2, -0.15) is 5.10 Å². The summed E-state index contributed by atoms with van der Waals surface area (Å²) in [6.45, 7) is 0. The van der Waals surface area contributed by atoms with Crippen LogP contribution in [0.2, 0.25) is 0 Å². The second-order valence-electron chi connectivity index (χ2n) is 5.59. The molecule has 1 heterocycles. The Kier molecular flexibility index (Phi) is 3.03. The Morgan fingerprint density at radius 1 is 1.32 bits per heavy atom. The smallest absolute Gasteiger partial charge is 0.271 e. The van der Waals surface area contributed by atoms with Crippen LogP contribution in [0, 0.1) is 0 Å². The molecule has 2 N–H and O–H groups in total. The molecule has 0 saturated heterocycles. The number of H-pyrrole nitrogens is 1. The maximum Gasteiger partial charge on any atom is 0.271 e. The van der Waals surface area contributed by atoms with E-state index in [4.69, 9.17) is 0 Å². The molecule has 2 fully saturated rings. The molecule has 3 rings (SSSR count).